The molecule has 0 unspecified atom stereocenters. The Morgan fingerprint density at radius 1 is 0.794 bits per heavy atom. The Kier molecular flexibility index (Phi) is 7.44. The van der Waals surface area contributed by atoms with Crippen LogP contribution in [0.5, 0.6) is 11.5 Å². The third kappa shape index (κ3) is 6.17. The van der Waals surface area contributed by atoms with E-state index in [9.17, 15) is 5.11 Å². The molecule has 0 saturated carbocycles. The van der Waals surface area contributed by atoms with Gasteiger partial charge >= 0.3 is 0 Å². The number of rotatable bonds is 7. The third-order valence-corrected chi connectivity index (χ3v) is 6.77. The topological polar surface area (TPSA) is 45.2 Å². The molecule has 2 aliphatic heterocycles. The predicted molar refractivity (Wildman–Crippen MR) is 134 cm³/mol. The summed E-state index contributed by atoms with van der Waals surface area (Å²) < 4.78 is 12.2. The molecule has 0 aliphatic carbocycles. The molecular formula is C29H34N2O3. The number of phenols is 1. The van der Waals surface area contributed by atoms with E-state index in [-0.39, 0.29) is 0 Å². The van der Waals surface area contributed by atoms with Crippen LogP contribution in [0.1, 0.15) is 35.1 Å². The summed E-state index contributed by atoms with van der Waals surface area (Å²) in [5.41, 5.74) is 4.95. The van der Waals surface area contributed by atoms with E-state index in [0.717, 1.165) is 63.4 Å². The fourth-order valence-electron chi connectivity index (χ4n) is 4.93. The Hall–Kier alpha value is -2.86. The van der Waals surface area contributed by atoms with Crippen molar-refractivity contribution >= 4 is 0 Å². The summed E-state index contributed by atoms with van der Waals surface area (Å²) in [6.07, 6.45) is 2.51. The molecule has 0 bridgehead atoms. The minimum atomic E-state index is 0.320. The maximum atomic E-state index is 9.79. The van der Waals surface area contributed by atoms with Crippen molar-refractivity contribution in [1.82, 2.24) is 9.80 Å². The highest BCUT2D eigenvalue weighted by Gasteiger charge is 2.21. The van der Waals surface area contributed by atoms with Gasteiger partial charge in [0.05, 0.1) is 12.7 Å². The molecule has 0 atom stereocenters. The minimum absolute atomic E-state index is 0.320. The Labute approximate surface area is 202 Å². The lowest BCUT2D eigenvalue weighted by atomic mass is 10.0. The summed E-state index contributed by atoms with van der Waals surface area (Å²) in [6.45, 7) is 7.01. The molecule has 1 N–H and O–H groups in total. The van der Waals surface area contributed by atoms with Crippen molar-refractivity contribution < 1.29 is 14.6 Å². The second-order valence-electron chi connectivity index (χ2n) is 9.44. The highest BCUT2D eigenvalue weighted by molar-refractivity contribution is 5.38. The number of nitrogens with zero attached hydrogens (tertiary/aromatic N) is 2. The Balaban J connectivity index is 1.14. The van der Waals surface area contributed by atoms with Crippen LogP contribution in [0.4, 0.5) is 0 Å². The number of aromatic hydroxyl groups is 1. The van der Waals surface area contributed by atoms with Gasteiger partial charge in [-0.3, -0.25) is 9.80 Å². The zero-order valence-electron chi connectivity index (χ0n) is 19.7. The lowest BCUT2D eigenvalue weighted by Crippen LogP contribution is -2.36. The van der Waals surface area contributed by atoms with Gasteiger partial charge in [-0.15, -0.1) is 0 Å². The van der Waals surface area contributed by atoms with E-state index in [1.807, 2.05) is 18.2 Å². The van der Waals surface area contributed by atoms with Crippen LogP contribution in [-0.4, -0.2) is 47.3 Å². The fourth-order valence-corrected chi connectivity index (χ4v) is 4.93. The van der Waals surface area contributed by atoms with E-state index in [4.69, 9.17) is 9.47 Å². The first-order valence-electron chi connectivity index (χ1n) is 12.3. The molecule has 0 aromatic heterocycles. The maximum Gasteiger partial charge on any atom is 0.123 e. The number of likely N-dealkylation sites (tertiary alicyclic amines) is 1. The van der Waals surface area contributed by atoms with Crippen LogP contribution in [-0.2, 0) is 31.0 Å². The van der Waals surface area contributed by atoms with Gasteiger partial charge in [0.25, 0.3) is 0 Å². The first-order valence-corrected chi connectivity index (χ1v) is 12.3. The molecule has 3 aromatic carbocycles. The molecule has 34 heavy (non-hydrogen) atoms. The van der Waals surface area contributed by atoms with Gasteiger partial charge in [-0.05, 0) is 53.8 Å². The molecule has 1 fully saturated rings. The maximum absolute atomic E-state index is 9.79. The highest BCUT2D eigenvalue weighted by Crippen LogP contribution is 2.27. The van der Waals surface area contributed by atoms with Crippen LogP contribution in [0, 0.1) is 0 Å². The number of ether oxygens (including phenoxy) is 2. The number of hydrogen-bond acceptors (Lipinski definition) is 5. The predicted octanol–water partition coefficient (Wildman–Crippen LogP) is 4.97. The van der Waals surface area contributed by atoms with E-state index in [0.29, 0.717) is 25.1 Å². The lowest BCUT2D eigenvalue weighted by Gasteiger charge is -2.32. The smallest absolute Gasteiger partial charge is 0.123 e. The summed E-state index contributed by atoms with van der Waals surface area (Å²) in [5, 5.41) is 9.79. The van der Waals surface area contributed by atoms with Crippen molar-refractivity contribution in [3.63, 3.8) is 0 Å². The van der Waals surface area contributed by atoms with Crippen molar-refractivity contribution in [2.24, 2.45) is 0 Å². The molecule has 178 valence electrons. The van der Waals surface area contributed by atoms with Crippen LogP contribution in [0.15, 0.2) is 72.8 Å². The second-order valence-corrected chi connectivity index (χ2v) is 9.44. The Morgan fingerprint density at radius 2 is 1.56 bits per heavy atom. The van der Waals surface area contributed by atoms with Gasteiger partial charge in [0, 0.05) is 44.8 Å². The zero-order valence-corrected chi connectivity index (χ0v) is 19.7. The number of benzene rings is 3. The van der Waals surface area contributed by atoms with Gasteiger partial charge in [-0.2, -0.15) is 0 Å². The Morgan fingerprint density at radius 3 is 2.38 bits per heavy atom. The standard InChI is InChI=1S/C29H34N2O3/c32-27-8-4-7-24(18-27)20-31-15-16-33-29-10-9-25(17-26(29)21-31)19-30-13-11-28(12-14-30)34-22-23-5-2-1-3-6-23/h1-10,17-18,28,32H,11-16,19-22H2. The van der Waals surface area contributed by atoms with E-state index in [2.05, 4.69) is 58.3 Å². The lowest BCUT2D eigenvalue weighted by molar-refractivity contribution is -0.00394. The zero-order chi connectivity index (χ0) is 23.2. The number of piperidine rings is 1. The van der Waals surface area contributed by atoms with Crippen LogP contribution >= 0.6 is 0 Å². The summed E-state index contributed by atoms with van der Waals surface area (Å²) in [5.74, 6) is 1.32. The van der Waals surface area contributed by atoms with E-state index < -0.39 is 0 Å². The molecule has 5 heteroatoms. The number of phenolic OH excluding ortho intramolecular Hbond substituents is 1. The van der Waals surface area contributed by atoms with Crippen molar-refractivity contribution in [2.45, 2.75) is 45.2 Å². The van der Waals surface area contributed by atoms with Gasteiger partial charge in [-0.1, -0.05) is 48.5 Å². The molecular weight excluding hydrogens is 424 g/mol. The summed E-state index contributed by atoms with van der Waals surface area (Å²) in [6, 6.07) is 24.6. The first kappa shape index (κ1) is 22.9. The molecule has 2 aliphatic rings. The largest absolute Gasteiger partial charge is 0.508 e. The van der Waals surface area contributed by atoms with Crippen LogP contribution in [0.3, 0.4) is 0 Å². The van der Waals surface area contributed by atoms with Gasteiger partial charge in [0.15, 0.2) is 0 Å². The summed E-state index contributed by atoms with van der Waals surface area (Å²) in [4.78, 5) is 4.92. The molecule has 3 aromatic rings. The van der Waals surface area contributed by atoms with Crippen molar-refractivity contribution in [3.05, 3.63) is 95.1 Å². The van der Waals surface area contributed by atoms with Gasteiger partial charge in [-0.25, -0.2) is 0 Å². The van der Waals surface area contributed by atoms with Crippen molar-refractivity contribution in [1.29, 1.82) is 0 Å². The normalized spacial score (nSPS) is 17.6. The summed E-state index contributed by atoms with van der Waals surface area (Å²) in [7, 11) is 0. The van der Waals surface area contributed by atoms with Gasteiger partial charge < -0.3 is 14.6 Å². The van der Waals surface area contributed by atoms with Crippen molar-refractivity contribution in [2.75, 3.05) is 26.2 Å². The molecule has 0 radical (unpaired) electrons. The molecule has 5 nitrogen and oxygen atoms in total. The minimum Gasteiger partial charge on any atom is -0.508 e. The van der Waals surface area contributed by atoms with E-state index >= 15 is 0 Å². The Bertz CT molecular complexity index is 1060. The number of hydrogen-bond donors (Lipinski definition) is 1. The molecule has 1 saturated heterocycles. The molecule has 5 rings (SSSR count). The average Bonchev–Trinajstić information content (AvgIpc) is 3.05. The third-order valence-electron chi connectivity index (χ3n) is 6.77. The molecule has 0 amide bonds. The monoisotopic (exact) mass is 458 g/mol. The van der Waals surface area contributed by atoms with Crippen LogP contribution < -0.4 is 4.74 Å². The first-order chi connectivity index (χ1) is 16.7. The van der Waals surface area contributed by atoms with Crippen LogP contribution in [0.2, 0.25) is 0 Å². The fraction of sp³-hybridized carbons (Fsp3) is 0.379. The quantitative estimate of drug-likeness (QED) is 0.542. The molecule has 0 spiro atoms. The second kappa shape index (κ2) is 11.0. The van der Waals surface area contributed by atoms with Gasteiger partial charge in [0.2, 0.25) is 0 Å². The SMILES string of the molecule is Oc1cccc(CN2CCOc3ccc(CN4CCC(OCc5ccccc5)CC4)cc3C2)c1. The average molecular weight is 459 g/mol. The number of fused-ring (bicyclic) bond motifs is 1. The highest BCUT2D eigenvalue weighted by atomic mass is 16.5. The van der Waals surface area contributed by atoms with E-state index in [1.165, 1.54) is 16.7 Å². The van der Waals surface area contributed by atoms with Gasteiger partial charge in [0.1, 0.15) is 18.1 Å². The van der Waals surface area contributed by atoms with Crippen LogP contribution in [0.25, 0.3) is 0 Å². The van der Waals surface area contributed by atoms with E-state index in [1.54, 1.807) is 6.07 Å². The molecule has 2 heterocycles. The summed E-state index contributed by atoms with van der Waals surface area (Å²) >= 11 is 0. The van der Waals surface area contributed by atoms with Crippen molar-refractivity contribution in [3.8, 4) is 11.5 Å².